The number of halogens is 1. The van der Waals surface area contributed by atoms with E-state index in [2.05, 4.69) is 10.6 Å². The molecule has 138 valence electrons. The van der Waals surface area contributed by atoms with Gasteiger partial charge in [-0.15, -0.1) is 0 Å². The van der Waals surface area contributed by atoms with Crippen molar-refractivity contribution in [2.24, 2.45) is 5.92 Å². The van der Waals surface area contributed by atoms with Crippen molar-refractivity contribution in [1.29, 1.82) is 0 Å². The highest BCUT2D eigenvalue weighted by Crippen LogP contribution is 2.23. The van der Waals surface area contributed by atoms with Gasteiger partial charge < -0.3 is 15.5 Å². The fraction of sp³-hybridized carbons (Fsp3) is 0.300. The first kappa shape index (κ1) is 19.4. The maximum atomic E-state index is 13.1. The zero-order valence-electron chi connectivity index (χ0n) is 15.4. The lowest BCUT2D eigenvalue weighted by Crippen LogP contribution is -2.50. The van der Waals surface area contributed by atoms with Crippen LogP contribution >= 0.6 is 0 Å². The van der Waals surface area contributed by atoms with Crippen LogP contribution in [0.2, 0.25) is 0 Å². The lowest BCUT2D eigenvalue weighted by molar-refractivity contribution is -0.131. The summed E-state index contributed by atoms with van der Waals surface area (Å²) >= 11 is 0. The first-order valence-corrected chi connectivity index (χ1v) is 8.42. The predicted molar refractivity (Wildman–Crippen MR) is 101 cm³/mol. The summed E-state index contributed by atoms with van der Waals surface area (Å²) in [5, 5.41) is 5.47. The van der Waals surface area contributed by atoms with E-state index in [1.165, 1.54) is 17.0 Å². The summed E-state index contributed by atoms with van der Waals surface area (Å²) in [7, 11) is 3.31. The molecular formula is C20H24FN3O2. The SMILES string of the molecule is CC(C)[C@@H](NC(=O)Nc1cccc(-c2ccc(F)cc2)c1)C(=O)N(C)C. The number of carbonyl (C=O) groups is 2. The van der Waals surface area contributed by atoms with E-state index in [-0.39, 0.29) is 17.6 Å². The van der Waals surface area contributed by atoms with Crippen molar-refractivity contribution in [3.05, 3.63) is 54.3 Å². The third-order valence-electron chi connectivity index (χ3n) is 3.96. The molecule has 2 aromatic rings. The highest BCUT2D eigenvalue weighted by atomic mass is 19.1. The molecule has 0 saturated heterocycles. The van der Waals surface area contributed by atoms with Gasteiger partial charge in [0.25, 0.3) is 0 Å². The van der Waals surface area contributed by atoms with Gasteiger partial charge in [0.15, 0.2) is 0 Å². The summed E-state index contributed by atoms with van der Waals surface area (Å²) in [6.07, 6.45) is 0. The number of rotatable bonds is 5. The Labute approximate surface area is 153 Å². The average molecular weight is 357 g/mol. The number of nitrogens with zero attached hydrogens (tertiary/aromatic N) is 1. The molecule has 0 heterocycles. The van der Waals surface area contributed by atoms with Crippen molar-refractivity contribution >= 4 is 17.6 Å². The fourth-order valence-electron chi connectivity index (χ4n) is 2.52. The Balaban J connectivity index is 2.10. The van der Waals surface area contributed by atoms with E-state index >= 15 is 0 Å². The first-order valence-electron chi connectivity index (χ1n) is 8.42. The molecule has 0 saturated carbocycles. The molecule has 26 heavy (non-hydrogen) atoms. The molecule has 0 fully saturated rings. The van der Waals surface area contributed by atoms with Crippen molar-refractivity contribution in [2.45, 2.75) is 19.9 Å². The Morgan fingerprint density at radius 1 is 1.00 bits per heavy atom. The molecule has 5 nitrogen and oxygen atoms in total. The zero-order chi connectivity index (χ0) is 19.3. The van der Waals surface area contributed by atoms with Crippen molar-refractivity contribution in [3.8, 4) is 11.1 Å². The van der Waals surface area contributed by atoms with E-state index in [9.17, 15) is 14.0 Å². The van der Waals surface area contributed by atoms with Crippen molar-refractivity contribution in [1.82, 2.24) is 10.2 Å². The topological polar surface area (TPSA) is 61.4 Å². The van der Waals surface area contributed by atoms with Gasteiger partial charge in [-0.25, -0.2) is 9.18 Å². The number of likely N-dealkylation sites (N-methyl/N-ethyl adjacent to an activating group) is 1. The van der Waals surface area contributed by atoms with Crippen LogP contribution < -0.4 is 10.6 Å². The second-order valence-electron chi connectivity index (χ2n) is 6.64. The van der Waals surface area contributed by atoms with Gasteiger partial charge in [-0.1, -0.05) is 38.1 Å². The highest BCUT2D eigenvalue weighted by molar-refractivity contribution is 5.94. The normalized spacial score (nSPS) is 11.8. The van der Waals surface area contributed by atoms with Crippen LogP contribution in [-0.2, 0) is 4.79 Å². The van der Waals surface area contributed by atoms with E-state index < -0.39 is 12.1 Å². The molecular weight excluding hydrogens is 333 g/mol. The third-order valence-corrected chi connectivity index (χ3v) is 3.96. The zero-order valence-corrected chi connectivity index (χ0v) is 15.4. The second kappa shape index (κ2) is 8.47. The summed E-state index contributed by atoms with van der Waals surface area (Å²) in [6.45, 7) is 3.75. The summed E-state index contributed by atoms with van der Waals surface area (Å²) in [5.74, 6) is -0.496. The number of hydrogen-bond donors (Lipinski definition) is 2. The van der Waals surface area contributed by atoms with E-state index in [1.54, 1.807) is 44.4 Å². The van der Waals surface area contributed by atoms with Crippen molar-refractivity contribution in [3.63, 3.8) is 0 Å². The Morgan fingerprint density at radius 2 is 1.65 bits per heavy atom. The number of urea groups is 1. The number of amides is 3. The van der Waals surface area contributed by atoms with Gasteiger partial charge in [0.05, 0.1) is 0 Å². The molecule has 0 radical (unpaired) electrons. The first-order chi connectivity index (χ1) is 12.3. The Bertz CT molecular complexity index is 773. The maximum Gasteiger partial charge on any atom is 0.319 e. The van der Waals surface area contributed by atoms with E-state index in [4.69, 9.17) is 0 Å². The molecule has 6 heteroatoms. The lowest BCUT2D eigenvalue weighted by Gasteiger charge is -2.24. The molecule has 1 atom stereocenters. The van der Waals surface area contributed by atoms with Crippen LogP contribution in [-0.4, -0.2) is 37.0 Å². The molecule has 2 N–H and O–H groups in total. The monoisotopic (exact) mass is 357 g/mol. The predicted octanol–water partition coefficient (Wildman–Crippen LogP) is 3.73. The quantitative estimate of drug-likeness (QED) is 0.857. The minimum atomic E-state index is -0.606. The minimum absolute atomic E-state index is 0.0406. The van der Waals surface area contributed by atoms with Gasteiger partial charge >= 0.3 is 6.03 Å². The maximum absolute atomic E-state index is 13.1. The van der Waals surface area contributed by atoms with Gasteiger partial charge in [0.2, 0.25) is 5.91 Å². The van der Waals surface area contributed by atoms with Crippen LogP contribution in [0.4, 0.5) is 14.9 Å². The number of hydrogen-bond acceptors (Lipinski definition) is 2. The van der Waals surface area contributed by atoms with Gasteiger partial charge in [-0.3, -0.25) is 4.79 Å². The molecule has 2 aromatic carbocycles. The van der Waals surface area contributed by atoms with Crippen LogP contribution in [0, 0.1) is 11.7 Å². The van der Waals surface area contributed by atoms with Crippen LogP contribution in [0.1, 0.15) is 13.8 Å². The van der Waals surface area contributed by atoms with Crippen molar-refractivity contribution < 1.29 is 14.0 Å². The van der Waals surface area contributed by atoms with E-state index in [0.29, 0.717) is 5.69 Å². The van der Waals surface area contributed by atoms with Gasteiger partial charge in [0, 0.05) is 19.8 Å². The van der Waals surface area contributed by atoms with Crippen molar-refractivity contribution in [2.75, 3.05) is 19.4 Å². The highest BCUT2D eigenvalue weighted by Gasteiger charge is 2.25. The van der Waals surface area contributed by atoms with Gasteiger partial charge in [-0.05, 0) is 41.3 Å². The number of carbonyl (C=O) groups excluding carboxylic acids is 2. The van der Waals surface area contributed by atoms with E-state index in [1.807, 2.05) is 19.9 Å². The van der Waals surface area contributed by atoms with Crippen LogP contribution in [0.15, 0.2) is 48.5 Å². The molecule has 0 unspecified atom stereocenters. The van der Waals surface area contributed by atoms with Gasteiger partial charge in [-0.2, -0.15) is 0 Å². The molecule has 3 amide bonds. The smallest absolute Gasteiger partial charge is 0.319 e. The average Bonchev–Trinajstić information content (AvgIpc) is 2.59. The third kappa shape index (κ3) is 5.05. The Kier molecular flexibility index (Phi) is 6.33. The summed E-state index contributed by atoms with van der Waals surface area (Å²) < 4.78 is 13.1. The number of nitrogens with one attached hydrogen (secondary N) is 2. The summed E-state index contributed by atoms with van der Waals surface area (Å²) in [6, 6.07) is 12.3. The minimum Gasteiger partial charge on any atom is -0.347 e. The number of anilines is 1. The fourth-order valence-corrected chi connectivity index (χ4v) is 2.52. The molecule has 0 bridgehead atoms. The largest absolute Gasteiger partial charge is 0.347 e. The lowest BCUT2D eigenvalue weighted by atomic mass is 10.0. The molecule has 2 rings (SSSR count). The Hall–Kier alpha value is -2.89. The van der Waals surface area contributed by atoms with Crippen LogP contribution in [0.25, 0.3) is 11.1 Å². The number of benzene rings is 2. The molecule has 0 aliphatic rings. The molecule has 0 aliphatic heterocycles. The Morgan fingerprint density at radius 3 is 2.23 bits per heavy atom. The van der Waals surface area contributed by atoms with Crippen LogP contribution in [0.5, 0.6) is 0 Å². The van der Waals surface area contributed by atoms with E-state index in [0.717, 1.165) is 11.1 Å². The summed E-state index contributed by atoms with van der Waals surface area (Å²) in [4.78, 5) is 26.0. The molecule has 0 aromatic heterocycles. The summed E-state index contributed by atoms with van der Waals surface area (Å²) in [5.41, 5.74) is 2.29. The molecule has 0 spiro atoms. The second-order valence-corrected chi connectivity index (χ2v) is 6.64. The molecule has 0 aliphatic carbocycles. The van der Waals surface area contributed by atoms with Crippen LogP contribution in [0.3, 0.4) is 0 Å². The van der Waals surface area contributed by atoms with Gasteiger partial charge in [0.1, 0.15) is 11.9 Å². The standard InChI is InChI=1S/C20H24FN3O2/c1-13(2)18(19(25)24(3)4)23-20(26)22-17-7-5-6-15(12-17)14-8-10-16(21)11-9-14/h5-13,18H,1-4H3,(H2,22,23,26)/t18-/m1/s1.